The van der Waals surface area contributed by atoms with Crippen LogP contribution < -0.4 is 10.3 Å². The molecule has 0 aliphatic heterocycles. The molecule has 0 aliphatic rings. The minimum Gasteiger partial charge on any atom is -0.480 e. The van der Waals surface area contributed by atoms with Crippen LogP contribution in [0.3, 0.4) is 0 Å². The van der Waals surface area contributed by atoms with Crippen LogP contribution in [-0.4, -0.2) is 35.3 Å². The number of hydrogen-bond donors (Lipinski definition) is 0. The van der Waals surface area contributed by atoms with E-state index in [1.807, 2.05) is 0 Å². The van der Waals surface area contributed by atoms with Gasteiger partial charge in [-0.2, -0.15) is 5.10 Å². The molecular formula is C20H16N4O4S. The highest BCUT2D eigenvalue weighted by atomic mass is 32.2. The summed E-state index contributed by atoms with van der Waals surface area (Å²) in [6.45, 7) is 0.135. The average Bonchev–Trinajstić information content (AvgIpc) is 2.76. The lowest BCUT2D eigenvalue weighted by Crippen LogP contribution is -2.24. The van der Waals surface area contributed by atoms with Crippen molar-refractivity contribution >= 4 is 20.6 Å². The van der Waals surface area contributed by atoms with Gasteiger partial charge in [0.15, 0.2) is 0 Å². The maximum absolute atomic E-state index is 12.8. The van der Waals surface area contributed by atoms with E-state index < -0.39 is 9.84 Å². The number of benzene rings is 2. The molecule has 2 heterocycles. The molecule has 4 aromatic rings. The maximum atomic E-state index is 12.8. The second-order valence-electron chi connectivity index (χ2n) is 6.22. The lowest BCUT2D eigenvalue weighted by Gasteiger charge is -2.08. The van der Waals surface area contributed by atoms with Crippen LogP contribution >= 0.6 is 0 Å². The molecule has 0 saturated heterocycles. The summed E-state index contributed by atoms with van der Waals surface area (Å²) in [7, 11) is -2.18. The SMILES string of the molecule is COc1cnc(Cn2ncc3cc(S(=O)(=O)c4ccccc4)ccc3c2=O)cn1. The lowest BCUT2D eigenvalue weighted by atomic mass is 10.2. The summed E-state index contributed by atoms with van der Waals surface area (Å²) in [4.78, 5) is 21.3. The normalized spacial score (nSPS) is 11.5. The third-order valence-electron chi connectivity index (χ3n) is 4.39. The molecule has 0 amide bonds. The van der Waals surface area contributed by atoms with Gasteiger partial charge >= 0.3 is 0 Å². The molecule has 0 saturated carbocycles. The number of hydrogen-bond acceptors (Lipinski definition) is 7. The third-order valence-corrected chi connectivity index (χ3v) is 6.16. The van der Waals surface area contributed by atoms with Gasteiger partial charge in [0.1, 0.15) is 0 Å². The Labute approximate surface area is 166 Å². The van der Waals surface area contributed by atoms with Gasteiger partial charge in [-0.05, 0) is 30.3 Å². The van der Waals surface area contributed by atoms with Crippen molar-refractivity contribution in [1.82, 2.24) is 19.7 Å². The van der Waals surface area contributed by atoms with E-state index in [9.17, 15) is 13.2 Å². The van der Waals surface area contributed by atoms with Gasteiger partial charge in [-0.1, -0.05) is 18.2 Å². The predicted molar refractivity (Wildman–Crippen MR) is 106 cm³/mol. The van der Waals surface area contributed by atoms with E-state index in [-0.39, 0.29) is 21.9 Å². The first-order valence-corrected chi connectivity index (χ1v) is 10.1. The summed E-state index contributed by atoms with van der Waals surface area (Å²) >= 11 is 0. The van der Waals surface area contributed by atoms with Crippen LogP contribution in [0, 0.1) is 0 Å². The molecule has 0 N–H and O–H groups in total. The van der Waals surface area contributed by atoms with Gasteiger partial charge < -0.3 is 4.74 Å². The number of rotatable bonds is 5. The molecule has 0 radical (unpaired) electrons. The number of sulfone groups is 1. The second-order valence-corrected chi connectivity index (χ2v) is 8.17. The van der Waals surface area contributed by atoms with Gasteiger partial charge in [-0.25, -0.2) is 18.1 Å². The van der Waals surface area contributed by atoms with Crippen molar-refractivity contribution in [1.29, 1.82) is 0 Å². The fourth-order valence-electron chi connectivity index (χ4n) is 2.86. The Bertz CT molecular complexity index is 1330. The molecule has 9 heteroatoms. The molecule has 2 aromatic heterocycles. The molecule has 29 heavy (non-hydrogen) atoms. The standard InChI is InChI=1S/C20H16N4O4S/c1-28-19-12-21-15(11-22-19)13-24-20(25)18-8-7-17(9-14(18)10-23-24)29(26,27)16-5-3-2-4-6-16/h2-12H,13H2,1H3. The molecule has 4 rings (SSSR count). The van der Waals surface area contributed by atoms with E-state index in [1.54, 1.807) is 18.2 Å². The van der Waals surface area contributed by atoms with Crippen molar-refractivity contribution in [2.45, 2.75) is 16.3 Å². The Morgan fingerprint density at radius 3 is 2.45 bits per heavy atom. The van der Waals surface area contributed by atoms with Crippen LogP contribution in [0.4, 0.5) is 0 Å². The summed E-state index contributed by atoms with van der Waals surface area (Å²) in [5, 5.41) is 4.97. The molecule has 0 aliphatic carbocycles. The van der Waals surface area contributed by atoms with E-state index in [0.29, 0.717) is 22.3 Å². The van der Waals surface area contributed by atoms with Gasteiger partial charge in [0.05, 0.1) is 53.1 Å². The minimum atomic E-state index is -3.68. The number of ether oxygens (including phenoxy) is 1. The monoisotopic (exact) mass is 408 g/mol. The summed E-state index contributed by atoms with van der Waals surface area (Å²) in [6, 6.07) is 12.5. The molecule has 0 unspecified atom stereocenters. The predicted octanol–water partition coefficient (Wildman–Crippen LogP) is 2.08. The third kappa shape index (κ3) is 3.59. The first-order valence-electron chi connectivity index (χ1n) is 8.64. The van der Waals surface area contributed by atoms with Gasteiger partial charge in [0.2, 0.25) is 15.7 Å². The summed E-state index contributed by atoms with van der Waals surface area (Å²) < 4.78 is 31.8. The van der Waals surface area contributed by atoms with Crippen molar-refractivity contribution in [3.05, 3.63) is 83.2 Å². The first-order chi connectivity index (χ1) is 14.0. The van der Waals surface area contributed by atoms with Crippen LogP contribution in [0.2, 0.25) is 0 Å². The zero-order chi connectivity index (χ0) is 20.4. The van der Waals surface area contributed by atoms with Crippen molar-refractivity contribution in [3.8, 4) is 5.88 Å². The van der Waals surface area contributed by atoms with Gasteiger partial charge in [-0.15, -0.1) is 0 Å². The Morgan fingerprint density at radius 1 is 0.966 bits per heavy atom. The molecular weight excluding hydrogens is 392 g/mol. The van der Waals surface area contributed by atoms with Crippen LogP contribution in [0.25, 0.3) is 10.8 Å². The zero-order valence-corrected chi connectivity index (χ0v) is 16.2. The van der Waals surface area contributed by atoms with E-state index in [0.717, 1.165) is 0 Å². The highest BCUT2D eigenvalue weighted by Gasteiger charge is 2.18. The Morgan fingerprint density at radius 2 is 1.76 bits per heavy atom. The number of fused-ring (bicyclic) bond motifs is 1. The van der Waals surface area contributed by atoms with E-state index in [2.05, 4.69) is 15.1 Å². The fraction of sp³-hybridized carbons (Fsp3) is 0.100. The second kappa shape index (κ2) is 7.44. The average molecular weight is 408 g/mol. The van der Waals surface area contributed by atoms with Crippen LogP contribution in [0.5, 0.6) is 5.88 Å². The molecule has 146 valence electrons. The molecule has 0 bridgehead atoms. The minimum absolute atomic E-state index is 0.108. The van der Waals surface area contributed by atoms with Crippen molar-refractivity contribution < 1.29 is 13.2 Å². The Hall–Kier alpha value is -3.59. The quantitative estimate of drug-likeness (QED) is 0.498. The molecule has 8 nitrogen and oxygen atoms in total. The van der Waals surface area contributed by atoms with Crippen LogP contribution in [0.15, 0.2) is 81.7 Å². The topological polar surface area (TPSA) is 104 Å². The van der Waals surface area contributed by atoms with Crippen molar-refractivity contribution in [2.24, 2.45) is 0 Å². The zero-order valence-electron chi connectivity index (χ0n) is 15.4. The Kier molecular flexibility index (Phi) is 4.81. The van der Waals surface area contributed by atoms with Crippen molar-refractivity contribution in [3.63, 3.8) is 0 Å². The van der Waals surface area contributed by atoms with E-state index >= 15 is 0 Å². The molecule has 0 spiro atoms. The number of nitrogens with zero attached hydrogens (tertiary/aromatic N) is 4. The molecule has 2 aromatic carbocycles. The largest absolute Gasteiger partial charge is 0.480 e. The van der Waals surface area contributed by atoms with Gasteiger partial charge in [-0.3, -0.25) is 9.78 Å². The maximum Gasteiger partial charge on any atom is 0.274 e. The first kappa shape index (κ1) is 18.8. The van der Waals surface area contributed by atoms with Crippen molar-refractivity contribution in [2.75, 3.05) is 7.11 Å². The molecule has 0 fully saturated rings. The fourth-order valence-corrected chi connectivity index (χ4v) is 4.18. The summed E-state index contributed by atoms with van der Waals surface area (Å²) in [5.74, 6) is 0.375. The number of methoxy groups -OCH3 is 1. The van der Waals surface area contributed by atoms with Gasteiger partial charge in [0.25, 0.3) is 5.56 Å². The van der Waals surface area contributed by atoms with Crippen LogP contribution in [0.1, 0.15) is 5.69 Å². The van der Waals surface area contributed by atoms with Crippen LogP contribution in [-0.2, 0) is 16.4 Å². The van der Waals surface area contributed by atoms with E-state index in [1.165, 1.54) is 60.7 Å². The highest BCUT2D eigenvalue weighted by molar-refractivity contribution is 7.91. The molecule has 0 atom stereocenters. The highest BCUT2D eigenvalue weighted by Crippen LogP contribution is 2.23. The smallest absolute Gasteiger partial charge is 0.274 e. The summed E-state index contributed by atoms with van der Waals surface area (Å²) in [5.41, 5.74) is 0.201. The lowest BCUT2D eigenvalue weighted by molar-refractivity contribution is 0.394. The van der Waals surface area contributed by atoms with E-state index in [4.69, 9.17) is 4.74 Å². The number of aromatic nitrogens is 4. The Balaban J connectivity index is 1.71. The van der Waals surface area contributed by atoms with Gasteiger partial charge in [0, 0.05) is 5.39 Å². The summed E-state index contributed by atoms with van der Waals surface area (Å²) in [6.07, 6.45) is 4.44.